The molecule has 2 heterocycles. The fraction of sp³-hybridized carbons (Fsp3) is 0.875. The summed E-state index contributed by atoms with van der Waals surface area (Å²) in [7, 11) is -3.64. The molecule has 0 bridgehead atoms. The molecule has 0 aromatic rings. The average molecular weight is 375 g/mol. The van der Waals surface area contributed by atoms with Gasteiger partial charge in [-0.15, -0.1) is 0 Å². The molecule has 144 valence electrons. The number of piperidine rings is 1. The van der Waals surface area contributed by atoms with E-state index in [0.29, 0.717) is 18.5 Å². The van der Waals surface area contributed by atoms with Crippen LogP contribution in [0.3, 0.4) is 0 Å². The number of sulfonamides is 1. The van der Waals surface area contributed by atoms with Gasteiger partial charge in [-0.3, -0.25) is 9.59 Å². The van der Waals surface area contributed by atoms with Crippen LogP contribution >= 0.6 is 0 Å². The number of nitrogens with zero attached hydrogens (tertiary/aromatic N) is 1. The van der Waals surface area contributed by atoms with Crippen molar-refractivity contribution in [1.29, 1.82) is 0 Å². The van der Waals surface area contributed by atoms with Crippen LogP contribution in [0.25, 0.3) is 0 Å². The summed E-state index contributed by atoms with van der Waals surface area (Å²) < 4.78 is 26.1. The third kappa shape index (κ3) is 6.23. The zero-order valence-electron chi connectivity index (χ0n) is 15.1. The van der Waals surface area contributed by atoms with Crippen molar-refractivity contribution in [2.75, 3.05) is 38.5 Å². The molecule has 2 fully saturated rings. The van der Waals surface area contributed by atoms with E-state index in [9.17, 15) is 18.0 Å². The van der Waals surface area contributed by atoms with Crippen molar-refractivity contribution in [3.05, 3.63) is 0 Å². The van der Waals surface area contributed by atoms with Crippen molar-refractivity contribution in [3.8, 4) is 0 Å². The highest BCUT2D eigenvalue weighted by atomic mass is 32.2. The number of carbonyl (C=O) groups excluding carboxylic acids is 2. The van der Waals surface area contributed by atoms with Crippen LogP contribution < -0.4 is 15.4 Å². The van der Waals surface area contributed by atoms with E-state index in [1.54, 1.807) is 18.7 Å². The van der Waals surface area contributed by atoms with Gasteiger partial charge in [-0.1, -0.05) is 0 Å². The van der Waals surface area contributed by atoms with Gasteiger partial charge in [0.15, 0.2) is 0 Å². The van der Waals surface area contributed by atoms with Gasteiger partial charge in [0.1, 0.15) is 0 Å². The van der Waals surface area contributed by atoms with Gasteiger partial charge in [0.25, 0.3) is 0 Å². The Morgan fingerprint density at radius 1 is 1.20 bits per heavy atom. The number of rotatable bonds is 7. The fourth-order valence-electron chi connectivity index (χ4n) is 3.45. The summed E-state index contributed by atoms with van der Waals surface area (Å²) in [5.41, 5.74) is 0.328. The van der Waals surface area contributed by atoms with E-state index in [0.717, 1.165) is 32.4 Å². The van der Waals surface area contributed by atoms with Gasteiger partial charge >= 0.3 is 0 Å². The molecule has 25 heavy (non-hydrogen) atoms. The van der Waals surface area contributed by atoms with Crippen molar-refractivity contribution in [2.45, 2.75) is 45.6 Å². The SMILES string of the molecule is CC(C)NC(=O)CNS(=O)(=O)CCC(=O)N1CCC2(CCNC2)CC1. The van der Waals surface area contributed by atoms with Crippen LogP contribution in [-0.2, 0) is 19.6 Å². The van der Waals surface area contributed by atoms with E-state index in [4.69, 9.17) is 0 Å². The second-order valence-electron chi connectivity index (χ2n) is 7.42. The molecular weight excluding hydrogens is 344 g/mol. The zero-order chi connectivity index (χ0) is 18.5. The molecule has 2 saturated heterocycles. The largest absolute Gasteiger partial charge is 0.353 e. The van der Waals surface area contributed by atoms with Gasteiger partial charge in [-0.25, -0.2) is 13.1 Å². The van der Waals surface area contributed by atoms with E-state index in [1.807, 2.05) is 0 Å². The lowest BCUT2D eigenvalue weighted by atomic mass is 9.78. The van der Waals surface area contributed by atoms with E-state index in [-0.39, 0.29) is 36.6 Å². The van der Waals surface area contributed by atoms with Gasteiger partial charge in [0.2, 0.25) is 21.8 Å². The van der Waals surface area contributed by atoms with Crippen molar-refractivity contribution in [3.63, 3.8) is 0 Å². The number of amides is 2. The molecule has 9 heteroatoms. The van der Waals surface area contributed by atoms with Crippen LogP contribution in [0.5, 0.6) is 0 Å². The smallest absolute Gasteiger partial charge is 0.235 e. The monoisotopic (exact) mass is 374 g/mol. The highest BCUT2D eigenvalue weighted by Crippen LogP contribution is 2.36. The molecule has 0 saturated carbocycles. The summed E-state index contributed by atoms with van der Waals surface area (Å²) in [6, 6.07) is -0.0453. The number of likely N-dealkylation sites (tertiary alicyclic amines) is 1. The number of hydrogen-bond acceptors (Lipinski definition) is 5. The fourth-order valence-corrected chi connectivity index (χ4v) is 4.39. The van der Waals surface area contributed by atoms with E-state index >= 15 is 0 Å². The molecule has 3 N–H and O–H groups in total. The number of hydrogen-bond donors (Lipinski definition) is 3. The predicted molar refractivity (Wildman–Crippen MR) is 95.4 cm³/mol. The lowest BCUT2D eigenvalue weighted by Crippen LogP contribution is -2.45. The summed E-state index contributed by atoms with van der Waals surface area (Å²) in [6.07, 6.45) is 3.07. The molecule has 0 aliphatic carbocycles. The Hall–Kier alpha value is -1.19. The van der Waals surface area contributed by atoms with Crippen LogP contribution in [0.4, 0.5) is 0 Å². The Morgan fingerprint density at radius 3 is 2.44 bits per heavy atom. The zero-order valence-corrected chi connectivity index (χ0v) is 16.0. The van der Waals surface area contributed by atoms with Gasteiger partial charge in [-0.05, 0) is 45.1 Å². The minimum absolute atomic E-state index is 0.0453. The normalized spacial score (nSPS) is 20.2. The lowest BCUT2D eigenvalue weighted by Gasteiger charge is -2.38. The van der Waals surface area contributed by atoms with E-state index in [1.165, 1.54) is 0 Å². The van der Waals surface area contributed by atoms with E-state index < -0.39 is 10.0 Å². The van der Waals surface area contributed by atoms with Gasteiger partial charge in [0, 0.05) is 32.1 Å². The minimum Gasteiger partial charge on any atom is -0.353 e. The quantitative estimate of drug-likeness (QED) is 0.553. The van der Waals surface area contributed by atoms with Crippen LogP contribution in [0.1, 0.15) is 39.5 Å². The molecular formula is C16H30N4O4S. The Kier molecular flexibility index (Phi) is 6.81. The minimum atomic E-state index is -3.64. The second kappa shape index (κ2) is 8.46. The maximum atomic E-state index is 12.3. The molecule has 2 aliphatic heterocycles. The molecule has 0 aromatic carbocycles. The van der Waals surface area contributed by atoms with Gasteiger partial charge in [-0.2, -0.15) is 0 Å². The van der Waals surface area contributed by atoms with Gasteiger partial charge < -0.3 is 15.5 Å². The maximum Gasteiger partial charge on any atom is 0.235 e. The Balaban J connectivity index is 1.71. The summed E-state index contributed by atoms with van der Waals surface area (Å²) in [5.74, 6) is -0.793. The molecule has 1 spiro atoms. The molecule has 0 radical (unpaired) electrons. The first kappa shape index (κ1) is 20.1. The predicted octanol–water partition coefficient (Wildman–Crippen LogP) is -0.577. The molecule has 2 rings (SSSR count). The first-order valence-electron chi connectivity index (χ1n) is 8.97. The summed E-state index contributed by atoms with van der Waals surface area (Å²) in [6.45, 7) is 6.77. The Bertz CT molecular complexity index is 575. The molecule has 2 amide bonds. The first-order valence-corrected chi connectivity index (χ1v) is 10.6. The van der Waals surface area contributed by atoms with Crippen LogP contribution in [0.15, 0.2) is 0 Å². The third-order valence-corrected chi connectivity index (χ3v) is 6.32. The van der Waals surface area contributed by atoms with Crippen molar-refractivity contribution >= 4 is 21.8 Å². The third-order valence-electron chi connectivity index (χ3n) is 5.00. The van der Waals surface area contributed by atoms with E-state index in [2.05, 4.69) is 15.4 Å². The summed E-state index contributed by atoms with van der Waals surface area (Å²) >= 11 is 0. The van der Waals surface area contributed by atoms with Crippen LogP contribution in [0, 0.1) is 5.41 Å². The highest BCUT2D eigenvalue weighted by Gasteiger charge is 2.38. The number of nitrogens with one attached hydrogen (secondary N) is 3. The summed E-state index contributed by atoms with van der Waals surface area (Å²) in [4.78, 5) is 25.5. The highest BCUT2D eigenvalue weighted by molar-refractivity contribution is 7.89. The molecule has 2 aliphatic rings. The lowest BCUT2D eigenvalue weighted by molar-refractivity contribution is -0.133. The average Bonchev–Trinajstić information content (AvgIpc) is 2.99. The molecule has 8 nitrogen and oxygen atoms in total. The van der Waals surface area contributed by atoms with Crippen molar-refractivity contribution < 1.29 is 18.0 Å². The van der Waals surface area contributed by atoms with Crippen LogP contribution in [0.2, 0.25) is 0 Å². The Morgan fingerprint density at radius 2 is 1.88 bits per heavy atom. The molecule has 0 aromatic heterocycles. The Labute approximate surface area is 150 Å². The molecule has 0 unspecified atom stereocenters. The summed E-state index contributed by atoms with van der Waals surface area (Å²) in [5, 5.41) is 5.99. The number of carbonyl (C=O) groups is 2. The molecule has 0 atom stereocenters. The topological polar surface area (TPSA) is 108 Å². The standard InChI is InChI=1S/C16H30N4O4S/c1-13(2)19-14(21)11-18-25(23,24)10-3-15(22)20-8-5-16(6-9-20)4-7-17-12-16/h13,17-18H,3-12H2,1-2H3,(H,19,21). The van der Waals surface area contributed by atoms with Crippen molar-refractivity contribution in [1.82, 2.24) is 20.3 Å². The maximum absolute atomic E-state index is 12.3. The van der Waals surface area contributed by atoms with Crippen LogP contribution in [-0.4, -0.2) is 69.7 Å². The van der Waals surface area contributed by atoms with Gasteiger partial charge in [0.05, 0.1) is 12.3 Å². The van der Waals surface area contributed by atoms with Crippen molar-refractivity contribution in [2.24, 2.45) is 5.41 Å². The second-order valence-corrected chi connectivity index (χ2v) is 9.35. The first-order chi connectivity index (χ1) is 11.7.